The second-order valence-electron chi connectivity index (χ2n) is 5.03. The lowest BCUT2D eigenvalue weighted by atomic mass is 9.90. The zero-order chi connectivity index (χ0) is 14.1. The van der Waals surface area contributed by atoms with Crippen LogP contribution in [-0.2, 0) is 6.42 Å². The third-order valence-electron chi connectivity index (χ3n) is 3.66. The summed E-state index contributed by atoms with van der Waals surface area (Å²) in [6.45, 7) is 0. The summed E-state index contributed by atoms with van der Waals surface area (Å²) in [6.07, 6.45) is 4.82. The third kappa shape index (κ3) is 2.24. The molecule has 2 aromatic heterocycles. The molecule has 2 heterocycles. The van der Waals surface area contributed by atoms with E-state index in [1.807, 2.05) is 12.1 Å². The van der Waals surface area contributed by atoms with Crippen molar-refractivity contribution in [3.05, 3.63) is 53.9 Å². The van der Waals surface area contributed by atoms with E-state index in [0.29, 0.717) is 5.82 Å². The Morgan fingerprint density at radius 1 is 1.10 bits per heavy atom. The molecule has 0 atom stereocenters. The third-order valence-corrected chi connectivity index (χ3v) is 3.66. The van der Waals surface area contributed by atoms with Crippen LogP contribution in [0, 0.1) is 0 Å². The van der Waals surface area contributed by atoms with Crippen molar-refractivity contribution >= 4 is 17.2 Å². The van der Waals surface area contributed by atoms with Gasteiger partial charge in [0.1, 0.15) is 6.33 Å². The summed E-state index contributed by atoms with van der Waals surface area (Å²) in [5.41, 5.74) is 7.45. The summed E-state index contributed by atoms with van der Waals surface area (Å²) < 4.78 is 1.62. The van der Waals surface area contributed by atoms with Crippen molar-refractivity contribution in [1.29, 1.82) is 0 Å². The van der Waals surface area contributed by atoms with E-state index in [9.17, 15) is 0 Å². The maximum atomic E-state index is 4.54. The van der Waals surface area contributed by atoms with E-state index in [2.05, 4.69) is 50.1 Å². The van der Waals surface area contributed by atoms with Gasteiger partial charge in [0.25, 0.3) is 0 Å². The minimum Gasteiger partial charge on any atom is -0.260 e. The van der Waals surface area contributed by atoms with Crippen LogP contribution in [0.2, 0.25) is 0 Å². The molecule has 0 fully saturated rings. The van der Waals surface area contributed by atoms with Gasteiger partial charge in [0.15, 0.2) is 11.5 Å². The molecule has 0 saturated carbocycles. The standard InChI is InChI=1S/C15H14N6/c1-2-6-12-11(4-1)5-3-7-13(12)17-18-14-8-9-15-19-16-10-21(15)20-14/h1-2,4,6,8-10H,3,5,7H2,(H,18,20)/b17-13+. The number of nitrogens with zero attached hydrogens (tertiary/aromatic N) is 5. The maximum absolute atomic E-state index is 4.54. The van der Waals surface area contributed by atoms with E-state index < -0.39 is 0 Å². The summed E-state index contributed by atoms with van der Waals surface area (Å²) in [6, 6.07) is 12.1. The van der Waals surface area contributed by atoms with Crippen molar-refractivity contribution in [2.75, 3.05) is 5.43 Å². The van der Waals surface area contributed by atoms with Gasteiger partial charge in [-0.25, -0.2) is 0 Å². The van der Waals surface area contributed by atoms with Gasteiger partial charge in [0.2, 0.25) is 0 Å². The summed E-state index contributed by atoms with van der Waals surface area (Å²) >= 11 is 0. The van der Waals surface area contributed by atoms with Gasteiger partial charge in [0.05, 0.1) is 5.71 Å². The molecule has 1 aliphatic rings. The number of rotatable bonds is 2. The first kappa shape index (κ1) is 12.0. The molecule has 6 nitrogen and oxygen atoms in total. The van der Waals surface area contributed by atoms with Crippen LogP contribution in [0.1, 0.15) is 24.0 Å². The molecule has 1 aromatic carbocycles. The molecule has 6 heteroatoms. The summed E-state index contributed by atoms with van der Waals surface area (Å²) in [5.74, 6) is 0.679. The predicted octanol–water partition coefficient (Wildman–Crippen LogP) is 2.28. The fraction of sp³-hybridized carbons (Fsp3) is 0.200. The topological polar surface area (TPSA) is 67.5 Å². The van der Waals surface area contributed by atoms with Gasteiger partial charge in [-0.2, -0.15) is 9.62 Å². The number of aryl methyl sites for hydroxylation is 1. The lowest BCUT2D eigenvalue weighted by Crippen LogP contribution is -2.13. The Labute approximate surface area is 121 Å². The molecule has 0 spiro atoms. The molecule has 0 radical (unpaired) electrons. The largest absolute Gasteiger partial charge is 0.260 e. The van der Waals surface area contributed by atoms with Crippen molar-refractivity contribution in [1.82, 2.24) is 19.8 Å². The molecule has 3 aromatic rings. The fourth-order valence-corrected chi connectivity index (χ4v) is 2.63. The second kappa shape index (κ2) is 4.97. The Balaban J connectivity index is 1.63. The molecule has 0 unspecified atom stereocenters. The van der Waals surface area contributed by atoms with Crippen LogP contribution < -0.4 is 5.43 Å². The summed E-state index contributed by atoms with van der Waals surface area (Å²) in [7, 11) is 0. The number of nitrogens with one attached hydrogen (secondary N) is 1. The Bertz CT molecular complexity index is 820. The quantitative estimate of drug-likeness (QED) is 0.730. The number of aromatic nitrogens is 4. The molecule has 0 amide bonds. The van der Waals surface area contributed by atoms with Gasteiger partial charge >= 0.3 is 0 Å². The van der Waals surface area contributed by atoms with Gasteiger partial charge in [-0.15, -0.1) is 15.3 Å². The molecular formula is C15H14N6. The Kier molecular flexibility index (Phi) is 2.85. The maximum Gasteiger partial charge on any atom is 0.177 e. The highest BCUT2D eigenvalue weighted by Crippen LogP contribution is 2.21. The van der Waals surface area contributed by atoms with Gasteiger partial charge in [-0.1, -0.05) is 24.3 Å². The minimum atomic E-state index is 0.679. The van der Waals surface area contributed by atoms with Crippen LogP contribution in [0.3, 0.4) is 0 Å². The van der Waals surface area contributed by atoms with Crippen LogP contribution in [0.5, 0.6) is 0 Å². The molecule has 1 aliphatic carbocycles. The van der Waals surface area contributed by atoms with Crippen LogP contribution in [0.15, 0.2) is 47.8 Å². The molecule has 1 N–H and O–H groups in total. The van der Waals surface area contributed by atoms with E-state index in [1.165, 1.54) is 11.1 Å². The first-order valence-corrected chi connectivity index (χ1v) is 6.98. The Morgan fingerprint density at radius 2 is 2.05 bits per heavy atom. The van der Waals surface area contributed by atoms with E-state index in [4.69, 9.17) is 0 Å². The first-order valence-electron chi connectivity index (χ1n) is 6.98. The van der Waals surface area contributed by atoms with Crippen molar-refractivity contribution in [3.63, 3.8) is 0 Å². The molecular weight excluding hydrogens is 264 g/mol. The van der Waals surface area contributed by atoms with Gasteiger partial charge < -0.3 is 0 Å². The zero-order valence-corrected chi connectivity index (χ0v) is 11.4. The highest BCUT2D eigenvalue weighted by Gasteiger charge is 2.14. The van der Waals surface area contributed by atoms with Crippen LogP contribution in [0.4, 0.5) is 5.82 Å². The van der Waals surface area contributed by atoms with E-state index in [-0.39, 0.29) is 0 Å². The molecule has 104 valence electrons. The highest BCUT2D eigenvalue weighted by molar-refractivity contribution is 6.03. The SMILES string of the molecule is c1ccc2c(c1)CCC/C2=N\Nc1ccc2nncn2n1. The number of benzene rings is 1. The van der Waals surface area contributed by atoms with E-state index in [0.717, 1.165) is 30.6 Å². The Morgan fingerprint density at radius 3 is 3.05 bits per heavy atom. The number of hydrogen-bond acceptors (Lipinski definition) is 5. The first-order chi connectivity index (χ1) is 10.4. The van der Waals surface area contributed by atoms with Gasteiger partial charge in [0, 0.05) is 5.56 Å². The van der Waals surface area contributed by atoms with Crippen LogP contribution in [0.25, 0.3) is 5.65 Å². The van der Waals surface area contributed by atoms with Crippen molar-refractivity contribution in [2.45, 2.75) is 19.3 Å². The number of hydrogen-bond donors (Lipinski definition) is 1. The summed E-state index contributed by atoms with van der Waals surface area (Å²) in [4.78, 5) is 0. The number of anilines is 1. The van der Waals surface area contributed by atoms with E-state index in [1.54, 1.807) is 10.8 Å². The fourth-order valence-electron chi connectivity index (χ4n) is 2.63. The van der Waals surface area contributed by atoms with Crippen molar-refractivity contribution in [2.24, 2.45) is 5.10 Å². The van der Waals surface area contributed by atoms with Gasteiger partial charge in [-0.05, 0) is 37.0 Å². The second-order valence-corrected chi connectivity index (χ2v) is 5.03. The van der Waals surface area contributed by atoms with Crippen LogP contribution in [-0.4, -0.2) is 25.5 Å². The van der Waals surface area contributed by atoms with E-state index >= 15 is 0 Å². The molecule has 0 bridgehead atoms. The Hall–Kier alpha value is -2.76. The average molecular weight is 278 g/mol. The molecule has 21 heavy (non-hydrogen) atoms. The lowest BCUT2D eigenvalue weighted by Gasteiger charge is -2.17. The van der Waals surface area contributed by atoms with Gasteiger partial charge in [-0.3, -0.25) is 5.43 Å². The number of fused-ring (bicyclic) bond motifs is 2. The average Bonchev–Trinajstić information content (AvgIpc) is 3.00. The van der Waals surface area contributed by atoms with Crippen molar-refractivity contribution in [3.8, 4) is 0 Å². The summed E-state index contributed by atoms with van der Waals surface area (Å²) in [5, 5.41) is 16.6. The molecule has 4 rings (SSSR count). The highest BCUT2D eigenvalue weighted by atomic mass is 15.4. The smallest absolute Gasteiger partial charge is 0.177 e. The predicted molar refractivity (Wildman–Crippen MR) is 80.3 cm³/mol. The van der Waals surface area contributed by atoms with Crippen molar-refractivity contribution < 1.29 is 0 Å². The normalized spacial score (nSPS) is 16.1. The minimum absolute atomic E-state index is 0.679. The monoisotopic (exact) mass is 278 g/mol. The van der Waals surface area contributed by atoms with Crippen LogP contribution >= 0.6 is 0 Å². The zero-order valence-electron chi connectivity index (χ0n) is 11.4. The molecule has 0 aliphatic heterocycles. The number of hydrazone groups is 1. The lowest BCUT2D eigenvalue weighted by molar-refractivity contribution is 0.836. The molecule has 0 saturated heterocycles.